The first kappa shape index (κ1) is 10.7. The van der Waals surface area contributed by atoms with Crippen molar-refractivity contribution in [1.82, 2.24) is 0 Å². The predicted molar refractivity (Wildman–Crippen MR) is 56.8 cm³/mol. The Balaban J connectivity index is 2.55. The van der Waals surface area contributed by atoms with Crippen LogP contribution in [-0.2, 0) is 0 Å². The summed E-state index contributed by atoms with van der Waals surface area (Å²) < 4.78 is 38.4. The van der Waals surface area contributed by atoms with Gasteiger partial charge in [0.15, 0.2) is 0 Å². The van der Waals surface area contributed by atoms with Crippen LogP contribution in [0.5, 0.6) is 0 Å². The molecule has 0 saturated heterocycles. The normalized spacial score (nSPS) is 10.8. The molecule has 0 aliphatic carbocycles. The Hall–Kier alpha value is -1.77. The van der Waals surface area contributed by atoms with Gasteiger partial charge in [-0.3, -0.25) is 0 Å². The van der Waals surface area contributed by atoms with Crippen molar-refractivity contribution in [2.24, 2.45) is 0 Å². The molecule has 0 amide bonds. The molecule has 2 rings (SSSR count). The van der Waals surface area contributed by atoms with Crippen LogP contribution >= 0.6 is 0 Å². The van der Waals surface area contributed by atoms with E-state index in [4.69, 9.17) is 0 Å². The van der Waals surface area contributed by atoms with Gasteiger partial charge >= 0.3 is 0 Å². The maximum absolute atomic E-state index is 13.0. The van der Waals surface area contributed by atoms with Crippen LogP contribution in [0.2, 0.25) is 0 Å². The van der Waals surface area contributed by atoms with Crippen molar-refractivity contribution < 1.29 is 13.2 Å². The second kappa shape index (κ2) is 4.39. The molecule has 0 fully saturated rings. The molecule has 0 N–H and O–H groups in total. The van der Waals surface area contributed by atoms with Gasteiger partial charge in [-0.2, -0.15) is 0 Å². The van der Waals surface area contributed by atoms with Gasteiger partial charge in [-0.1, -0.05) is 36.4 Å². The summed E-state index contributed by atoms with van der Waals surface area (Å²) in [5.41, 5.74) is 0.765. The highest BCUT2D eigenvalue weighted by Crippen LogP contribution is 2.30. The highest BCUT2D eigenvalue weighted by Gasteiger charge is 2.13. The second-order valence-electron chi connectivity index (χ2n) is 3.40. The predicted octanol–water partition coefficient (Wildman–Crippen LogP) is 4.43. The molecule has 82 valence electrons. The highest BCUT2D eigenvalue weighted by atomic mass is 19.3. The van der Waals surface area contributed by atoms with E-state index in [-0.39, 0.29) is 5.56 Å². The van der Waals surface area contributed by atoms with Crippen LogP contribution in [0.15, 0.2) is 48.5 Å². The van der Waals surface area contributed by atoms with Crippen LogP contribution < -0.4 is 0 Å². The van der Waals surface area contributed by atoms with E-state index < -0.39 is 12.2 Å². The average molecular weight is 222 g/mol. The van der Waals surface area contributed by atoms with E-state index in [1.807, 2.05) is 0 Å². The molecule has 0 saturated carbocycles. The number of hydrogen-bond donors (Lipinski definition) is 0. The van der Waals surface area contributed by atoms with E-state index in [0.717, 1.165) is 0 Å². The molecule has 0 spiro atoms. The molecule has 16 heavy (non-hydrogen) atoms. The Bertz CT molecular complexity index is 492. The van der Waals surface area contributed by atoms with E-state index in [9.17, 15) is 13.2 Å². The fraction of sp³-hybridized carbons (Fsp3) is 0.0769. The van der Waals surface area contributed by atoms with Gasteiger partial charge in [-0.05, 0) is 23.3 Å². The average Bonchev–Trinajstić information content (AvgIpc) is 2.29. The standard InChI is InChI=1S/C13H9F3/c14-10-5-3-4-9(8-10)11-6-1-2-7-12(11)13(15)16/h1-8,13H. The molecule has 3 heteroatoms. The zero-order valence-corrected chi connectivity index (χ0v) is 8.33. The van der Waals surface area contributed by atoms with Gasteiger partial charge in [-0.15, -0.1) is 0 Å². The number of hydrogen-bond acceptors (Lipinski definition) is 0. The van der Waals surface area contributed by atoms with E-state index in [0.29, 0.717) is 11.1 Å². The van der Waals surface area contributed by atoms with Crippen molar-refractivity contribution in [2.75, 3.05) is 0 Å². The lowest BCUT2D eigenvalue weighted by molar-refractivity contribution is 0.152. The fourth-order valence-electron chi connectivity index (χ4n) is 1.61. The molecule has 0 aromatic heterocycles. The number of halogens is 3. The Morgan fingerprint density at radius 2 is 1.62 bits per heavy atom. The lowest BCUT2D eigenvalue weighted by atomic mass is 10.00. The van der Waals surface area contributed by atoms with Crippen LogP contribution in [-0.4, -0.2) is 0 Å². The number of alkyl halides is 2. The number of rotatable bonds is 2. The first-order valence-electron chi connectivity index (χ1n) is 4.81. The summed E-state index contributed by atoms with van der Waals surface area (Å²) in [5, 5.41) is 0. The van der Waals surface area contributed by atoms with Gasteiger partial charge in [0, 0.05) is 5.56 Å². The lowest BCUT2D eigenvalue weighted by Crippen LogP contribution is -1.90. The van der Waals surface area contributed by atoms with Crippen molar-refractivity contribution >= 4 is 0 Å². The first-order valence-corrected chi connectivity index (χ1v) is 4.81. The SMILES string of the molecule is Fc1cccc(-c2ccccc2C(F)F)c1. The summed E-state index contributed by atoms with van der Waals surface area (Å²) in [6.45, 7) is 0. The van der Waals surface area contributed by atoms with Gasteiger partial charge < -0.3 is 0 Å². The van der Waals surface area contributed by atoms with Crippen LogP contribution in [0, 0.1) is 5.82 Å². The Kier molecular flexibility index (Phi) is 2.95. The Labute approximate surface area is 91.4 Å². The quantitative estimate of drug-likeness (QED) is 0.705. The third-order valence-corrected chi connectivity index (χ3v) is 2.33. The molecule has 0 unspecified atom stereocenters. The second-order valence-corrected chi connectivity index (χ2v) is 3.40. The summed E-state index contributed by atoms with van der Waals surface area (Å²) >= 11 is 0. The van der Waals surface area contributed by atoms with Crippen LogP contribution in [0.25, 0.3) is 11.1 Å². The summed E-state index contributed by atoms with van der Waals surface area (Å²) in [6, 6.07) is 11.8. The van der Waals surface area contributed by atoms with Crippen LogP contribution in [0.3, 0.4) is 0 Å². The first-order chi connectivity index (χ1) is 7.68. The van der Waals surface area contributed by atoms with Crippen LogP contribution in [0.4, 0.5) is 13.2 Å². The molecule has 0 radical (unpaired) electrons. The maximum atomic E-state index is 13.0. The molecule has 2 aromatic rings. The number of benzene rings is 2. The molecular weight excluding hydrogens is 213 g/mol. The smallest absolute Gasteiger partial charge is 0.207 e. The fourth-order valence-corrected chi connectivity index (χ4v) is 1.61. The minimum absolute atomic E-state index is 0.0758. The summed E-state index contributed by atoms with van der Waals surface area (Å²) in [5.74, 6) is -0.429. The third-order valence-electron chi connectivity index (χ3n) is 2.33. The molecule has 0 aliphatic heterocycles. The van der Waals surface area contributed by atoms with E-state index in [1.165, 1.54) is 24.3 Å². The van der Waals surface area contributed by atoms with Crippen molar-refractivity contribution in [2.45, 2.75) is 6.43 Å². The summed E-state index contributed by atoms with van der Waals surface area (Å²) in [6.07, 6.45) is -2.56. The molecule has 2 aromatic carbocycles. The van der Waals surface area contributed by atoms with E-state index >= 15 is 0 Å². The summed E-state index contributed by atoms with van der Waals surface area (Å²) in [7, 11) is 0. The van der Waals surface area contributed by atoms with Gasteiger partial charge in [0.05, 0.1) is 0 Å². The Morgan fingerprint density at radius 1 is 0.875 bits per heavy atom. The van der Waals surface area contributed by atoms with Crippen molar-refractivity contribution in [3.8, 4) is 11.1 Å². The minimum Gasteiger partial charge on any atom is -0.207 e. The van der Waals surface area contributed by atoms with Gasteiger partial charge in [0.25, 0.3) is 6.43 Å². The topological polar surface area (TPSA) is 0 Å². The highest BCUT2D eigenvalue weighted by molar-refractivity contribution is 5.67. The zero-order valence-electron chi connectivity index (χ0n) is 8.33. The molecule has 0 heterocycles. The largest absolute Gasteiger partial charge is 0.264 e. The van der Waals surface area contributed by atoms with Gasteiger partial charge in [0.2, 0.25) is 0 Å². The third kappa shape index (κ3) is 2.08. The molecule has 0 nitrogen and oxygen atoms in total. The maximum Gasteiger partial charge on any atom is 0.264 e. The van der Waals surface area contributed by atoms with Crippen molar-refractivity contribution in [3.05, 3.63) is 59.9 Å². The lowest BCUT2D eigenvalue weighted by Gasteiger charge is -2.08. The van der Waals surface area contributed by atoms with Gasteiger partial charge in [0.1, 0.15) is 5.82 Å². The molecule has 0 aliphatic rings. The minimum atomic E-state index is -2.56. The molecule has 0 bridgehead atoms. The molecular formula is C13H9F3. The van der Waals surface area contributed by atoms with E-state index in [2.05, 4.69) is 0 Å². The zero-order chi connectivity index (χ0) is 11.5. The van der Waals surface area contributed by atoms with Crippen LogP contribution in [0.1, 0.15) is 12.0 Å². The van der Waals surface area contributed by atoms with Crippen molar-refractivity contribution in [1.29, 1.82) is 0 Å². The summed E-state index contributed by atoms with van der Waals surface area (Å²) in [4.78, 5) is 0. The van der Waals surface area contributed by atoms with Crippen molar-refractivity contribution in [3.63, 3.8) is 0 Å². The monoisotopic (exact) mass is 222 g/mol. The molecule has 0 atom stereocenters. The Morgan fingerprint density at radius 3 is 2.31 bits per heavy atom. The van der Waals surface area contributed by atoms with E-state index in [1.54, 1.807) is 24.3 Å². The van der Waals surface area contributed by atoms with Gasteiger partial charge in [-0.25, -0.2) is 13.2 Å².